The summed E-state index contributed by atoms with van der Waals surface area (Å²) in [5, 5.41) is 17.1. The lowest BCUT2D eigenvalue weighted by Crippen LogP contribution is -2.55. The van der Waals surface area contributed by atoms with Gasteiger partial charge in [0, 0.05) is 54.9 Å². The summed E-state index contributed by atoms with van der Waals surface area (Å²) in [5.41, 5.74) is 1.32. The summed E-state index contributed by atoms with van der Waals surface area (Å²) in [6.45, 7) is 8.46. The van der Waals surface area contributed by atoms with Gasteiger partial charge in [0.2, 0.25) is 11.8 Å². The molecule has 3 atom stereocenters. The predicted molar refractivity (Wildman–Crippen MR) is 193 cm³/mol. The number of benzene rings is 2. The van der Waals surface area contributed by atoms with Gasteiger partial charge in [-0.2, -0.15) is 13.1 Å². The van der Waals surface area contributed by atoms with Gasteiger partial charge in [-0.15, -0.1) is 11.3 Å². The third-order valence-electron chi connectivity index (χ3n) is 8.05. The van der Waals surface area contributed by atoms with Gasteiger partial charge in [0.1, 0.15) is 11.0 Å². The van der Waals surface area contributed by atoms with Crippen molar-refractivity contribution in [3.05, 3.63) is 81.8 Å². The maximum absolute atomic E-state index is 13.9. The molecule has 0 radical (unpaired) electrons. The van der Waals surface area contributed by atoms with Crippen LogP contribution >= 0.6 is 11.3 Å². The van der Waals surface area contributed by atoms with Crippen LogP contribution in [0.1, 0.15) is 65.4 Å². The number of carbonyl (C=O) groups is 4. The molecule has 50 heavy (non-hydrogen) atoms. The van der Waals surface area contributed by atoms with Crippen molar-refractivity contribution in [3.8, 4) is 0 Å². The molecular weight excluding hydrogens is 681 g/mol. The second-order valence-corrected chi connectivity index (χ2v) is 15.0. The monoisotopic (exact) mass is 726 g/mol. The van der Waals surface area contributed by atoms with E-state index >= 15 is 0 Å². The minimum atomic E-state index is -3.88. The van der Waals surface area contributed by atoms with Crippen molar-refractivity contribution in [2.45, 2.75) is 65.2 Å². The smallest absolute Gasteiger partial charge is 0.301 e. The van der Waals surface area contributed by atoms with Gasteiger partial charge < -0.3 is 26.6 Å². The Hall–Kier alpha value is -4.38. The Morgan fingerprint density at radius 3 is 2.32 bits per heavy atom. The molecule has 0 spiro atoms. The molecule has 1 aliphatic rings. The van der Waals surface area contributed by atoms with Gasteiger partial charge in [0.25, 0.3) is 11.8 Å². The van der Waals surface area contributed by atoms with Crippen LogP contribution in [0.25, 0.3) is 0 Å². The molecular formula is C34H46N8O6S2. The highest BCUT2D eigenvalue weighted by atomic mass is 32.2. The molecule has 0 bridgehead atoms. The fraction of sp³-hybridized carbons (Fsp3) is 0.441. The van der Waals surface area contributed by atoms with Crippen molar-refractivity contribution in [2.75, 3.05) is 30.5 Å². The molecule has 4 rings (SSSR count). The van der Waals surface area contributed by atoms with Crippen molar-refractivity contribution in [1.82, 2.24) is 36.3 Å². The zero-order valence-electron chi connectivity index (χ0n) is 28.7. The highest BCUT2D eigenvalue weighted by Crippen LogP contribution is 2.24. The summed E-state index contributed by atoms with van der Waals surface area (Å²) in [4.78, 5) is 57.0. The highest BCUT2D eigenvalue weighted by molar-refractivity contribution is 7.90. The summed E-state index contributed by atoms with van der Waals surface area (Å²) in [7, 11) is -3.88. The Balaban J connectivity index is 1.56. The maximum atomic E-state index is 13.9. The van der Waals surface area contributed by atoms with Crippen LogP contribution in [0.2, 0.25) is 0 Å². The number of rotatable bonds is 16. The molecule has 3 aromatic rings. The van der Waals surface area contributed by atoms with Crippen LogP contribution in [0.15, 0.2) is 60.1 Å². The average Bonchev–Trinajstić information content (AvgIpc) is 3.62. The SMILES string of the molecule is CCNC(=O)[C@@H](NC(=O)[C@H](C)NC[C@H](Cc1ccccc1)NC(=O)c1cc(C(=O)NCc2nccs2)cc(N2CCCNS2(=O)=O)c1)C(C)C. The molecule has 0 unspecified atom stereocenters. The maximum Gasteiger partial charge on any atom is 0.301 e. The first-order chi connectivity index (χ1) is 23.9. The van der Waals surface area contributed by atoms with E-state index in [0.717, 1.165) is 9.87 Å². The van der Waals surface area contributed by atoms with Crippen LogP contribution in [-0.2, 0) is 32.8 Å². The Morgan fingerprint density at radius 1 is 0.960 bits per heavy atom. The van der Waals surface area contributed by atoms with Gasteiger partial charge in [-0.3, -0.25) is 23.5 Å². The first-order valence-electron chi connectivity index (χ1n) is 16.6. The molecule has 1 aliphatic heterocycles. The Labute approximate surface area is 297 Å². The number of hydrogen-bond acceptors (Lipinski definition) is 9. The largest absolute Gasteiger partial charge is 0.355 e. The van der Waals surface area contributed by atoms with Crippen LogP contribution in [0.4, 0.5) is 5.69 Å². The molecule has 270 valence electrons. The van der Waals surface area contributed by atoms with Gasteiger partial charge in [-0.1, -0.05) is 44.2 Å². The zero-order valence-corrected chi connectivity index (χ0v) is 30.3. The number of likely N-dealkylation sites (N-methyl/N-ethyl adjacent to an activating group) is 1. The summed E-state index contributed by atoms with van der Waals surface area (Å²) in [5.74, 6) is -1.78. The lowest BCUT2D eigenvalue weighted by molar-refractivity contribution is -0.130. The van der Waals surface area contributed by atoms with Gasteiger partial charge >= 0.3 is 10.2 Å². The quantitative estimate of drug-likeness (QED) is 0.129. The lowest BCUT2D eigenvalue weighted by atomic mass is 10.0. The van der Waals surface area contributed by atoms with Gasteiger partial charge in [-0.25, -0.2) is 4.98 Å². The van der Waals surface area contributed by atoms with Crippen LogP contribution < -0.4 is 35.6 Å². The fourth-order valence-corrected chi connectivity index (χ4v) is 7.22. The van der Waals surface area contributed by atoms with Crippen LogP contribution in [0, 0.1) is 5.92 Å². The van der Waals surface area contributed by atoms with Gasteiger partial charge in [0.05, 0.1) is 18.3 Å². The molecule has 0 aliphatic carbocycles. The highest BCUT2D eigenvalue weighted by Gasteiger charge is 2.29. The molecule has 16 heteroatoms. The fourth-order valence-electron chi connectivity index (χ4n) is 5.36. The number of nitrogens with one attached hydrogen (secondary N) is 6. The molecule has 2 aromatic carbocycles. The lowest BCUT2D eigenvalue weighted by Gasteiger charge is -2.29. The van der Waals surface area contributed by atoms with Crippen LogP contribution in [-0.4, -0.2) is 81.3 Å². The topological polar surface area (TPSA) is 191 Å². The normalized spacial score (nSPS) is 15.8. The van der Waals surface area contributed by atoms with E-state index in [2.05, 4.69) is 36.3 Å². The van der Waals surface area contributed by atoms with E-state index in [1.165, 1.54) is 29.5 Å². The summed E-state index contributed by atoms with van der Waals surface area (Å²) in [6, 6.07) is 11.9. The van der Waals surface area contributed by atoms with Crippen molar-refractivity contribution >= 4 is 50.9 Å². The molecule has 14 nitrogen and oxygen atoms in total. The van der Waals surface area contributed by atoms with Crippen molar-refractivity contribution in [3.63, 3.8) is 0 Å². The van der Waals surface area contributed by atoms with Crippen molar-refractivity contribution in [2.24, 2.45) is 5.92 Å². The van der Waals surface area contributed by atoms with Crippen LogP contribution in [0.3, 0.4) is 0 Å². The predicted octanol–water partition coefficient (Wildman–Crippen LogP) is 1.71. The van der Waals surface area contributed by atoms with E-state index in [1.807, 2.05) is 51.1 Å². The minimum absolute atomic E-state index is 0.0910. The second kappa shape index (κ2) is 18.0. The van der Waals surface area contributed by atoms with E-state index in [0.29, 0.717) is 24.4 Å². The molecule has 0 saturated carbocycles. The first-order valence-corrected chi connectivity index (χ1v) is 18.9. The molecule has 1 fully saturated rings. The van der Waals surface area contributed by atoms with E-state index < -0.39 is 40.1 Å². The third-order valence-corrected chi connectivity index (χ3v) is 10.4. The van der Waals surface area contributed by atoms with E-state index in [4.69, 9.17) is 0 Å². The molecule has 1 aromatic heterocycles. The zero-order chi connectivity index (χ0) is 36.3. The summed E-state index contributed by atoms with van der Waals surface area (Å²) < 4.78 is 29.5. The average molecular weight is 727 g/mol. The third kappa shape index (κ3) is 10.8. The first kappa shape index (κ1) is 38.4. The molecule has 2 heterocycles. The number of thiazole rings is 1. The standard InChI is InChI=1S/C34H46N8O6S2/c1-5-35-34(46)30(22(2)3)41-31(43)23(4)37-20-27(16-24-10-7-6-8-11-24)40-33(45)26-17-25(32(44)38-21-29-36-13-15-49-29)18-28(19-26)42-14-9-12-39-50(42,47)48/h6-8,10-11,13,15,17-19,22-23,27,30,37,39H,5,9,12,14,16,20-21H2,1-4H3,(H,35,46)(H,38,44)(H,40,45)(H,41,43)/t23-,27-,30-/m0/s1. The Bertz CT molecular complexity index is 1720. The molecule has 1 saturated heterocycles. The Morgan fingerprint density at radius 2 is 1.68 bits per heavy atom. The number of nitrogens with zero attached hydrogens (tertiary/aromatic N) is 2. The molecule has 6 N–H and O–H groups in total. The molecule has 4 amide bonds. The summed E-state index contributed by atoms with van der Waals surface area (Å²) >= 11 is 1.38. The number of aromatic nitrogens is 1. The summed E-state index contributed by atoms with van der Waals surface area (Å²) in [6.07, 6.45) is 2.58. The van der Waals surface area contributed by atoms with E-state index in [-0.39, 0.29) is 60.7 Å². The number of hydrogen-bond donors (Lipinski definition) is 6. The minimum Gasteiger partial charge on any atom is -0.355 e. The van der Waals surface area contributed by atoms with Crippen LogP contribution in [0.5, 0.6) is 0 Å². The van der Waals surface area contributed by atoms with Crippen molar-refractivity contribution < 1.29 is 27.6 Å². The van der Waals surface area contributed by atoms with E-state index in [1.54, 1.807) is 18.5 Å². The number of carbonyl (C=O) groups excluding carboxylic acids is 4. The number of anilines is 1. The second-order valence-electron chi connectivity index (χ2n) is 12.3. The van der Waals surface area contributed by atoms with Gasteiger partial charge in [0.15, 0.2) is 0 Å². The van der Waals surface area contributed by atoms with E-state index in [9.17, 15) is 27.6 Å². The van der Waals surface area contributed by atoms with Gasteiger partial charge in [-0.05, 0) is 56.4 Å². The van der Waals surface area contributed by atoms with Crippen molar-refractivity contribution in [1.29, 1.82) is 0 Å². The Kier molecular flexibility index (Phi) is 13.9. The number of amides is 4.